The SMILES string of the molecule is CC(C)OC(=O)[C@@H](C)NP(=O)(OC[C@H]1O[C@@H](n2cc(I)c(N)nc2=O)[C@](C)(Cl)[C@@H]1O)Oc1cccc2ccccc12. The molecule has 0 amide bonds. The first kappa shape index (κ1) is 31.7. The largest absolute Gasteiger partial charge is 0.462 e. The number of aromatic nitrogens is 2. The lowest BCUT2D eigenvalue weighted by Gasteiger charge is -2.27. The van der Waals surface area contributed by atoms with Crippen molar-refractivity contribution in [2.45, 2.75) is 63.2 Å². The van der Waals surface area contributed by atoms with Gasteiger partial charge in [-0.25, -0.2) is 9.36 Å². The molecule has 2 heterocycles. The van der Waals surface area contributed by atoms with Gasteiger partial charge in [0.05, 0.1) is 16.3 Å². The zero-order valence-corrected chi connectivity index (χ0v) is 26.5. The van der Waals surface area contributed by atoms with Gasteiger partial charge >= 0.3 is 19.4 Å². The van der Waals surface area contributed by atoms with Crippen LogP contribution in [0.1, 0.15) is 33.9 Å². The third-order valence-electron chi connectivity index (χ3n) is 6.34. The maximum atomic E-state index is 14.1. The molecule has 4 N–H and O–H groups in total. The Morgan fingerprint density at radius 2 is 1.98 bits per heavy atom. The Balaban J connectivity index is 1.60. The fourth-order valence-corrected chi connectivity index (χ4v) is 6.51. The average Bonchev–Trinajstić information content (AvgIpc) is 3.13. The number of aliphatic hydroxyl groups is 1. The van der Waals surface area contributed by atoms with E-state index in [1.54, 1.807) is 38.1 Å². The highest BCUT2D eigenvalue weighted by Crippen LogP contribution is 2.49. The normalized spacial score (nSPS) is 24.7. The minimum atomic E-state index is -4.32. The second kappa shape index (κ2) is 12.5. The third kappa shape index (κ3) is 7.04. The molecule has 2 aromatic carbocycles. The molecule has 0 saturated carbocycles. The molecule has 12 nitrogen and oxygen atoms in total. The minimum absolute atomic E-state index is 0.0456. The van der Waals surface area contributed by atoms with E-state index in [1.165, 1.54) is 20.0 Å². The Hall–Kier alpha value is -2.26. The predicted molar refractivity (Wildman–Crippen MR) is 162 cm³/mol. The van der Waals surface area contributed by atoms with Crippen molar-refractivity contribution in [1.29, 1.82) is 0 Å². The van der Waals surface area contributed by atoms with Crippen LogP contribution in [0.15, 0.2) is 53.5 Å². The Morgan fingerprint density at radius 3 is 2.68 bits per heavy atom. The lowest BCUT2D eigenvalue weighted by Crippen LogP contribution is -2.42. The molecule has 0 radical (unpaired) electrons. The molecule has 0 aliphatic carbocycles. The van der Waals surface area contributed by atoms with Gasteiger partial charge in [-0.05, 0) is 61.7 Å². The van der Waals surface area contributed by atoms with E-state index in [0.717, 1.165) is 9.95 Å². The van der Waals surface area contributed by atoms with E-state index >= 15 is 0 Å². The summed E-state index contributed by atoms with van der Waals surface area (Å²) in [4.78, 5) is 27.4. The standard InChI is InChI=1S/C26H31ClIN4O8P/c1-14(2)38-23(34)15(3)31-41(36,40-19-11-7-9-16-8-5-6-10-17(16)19)37-13-20-21(33)26(4,27)24(39-20)32-12-18(28)22(29)30-25(32)35/h5-12,14-15,20-21,24,33H,13H2,1-4H3,(H,31,36)(H2,29,30,35)/t15-,20-,21-,24-,26-,41?/m1/s1. The van der Waals surface area contributed by atoms with Crippen molar-refractivity contribution in [3.05, 3.63) is 62.7 Å². The molecule has 0 bridgehead atoms. The number of nitrogens with two attached hydrogens (primary N) is 1. The van der Waals surface area contributed by atoms with E-state index in [4.69, 9.17) is 35.9 Å². The second-order valence-corrected chi connectivity index (χ2v) is 13.7. The number of alkyl halides is 1. The van der Waals surface area contributed by atoms with E-state index in [0.29, 0.717) is 8.96 Å². The molecule has 1 aliphatic rings. The van der Waals surface area contributed by atoms with E-state index in [9.17, 15) is 19.3 Å². The number of fused-ring (bicyclic) bond motifs is 1. The van der Waals surface area contributed by atoms with Gasteiger partial charge in [-0.2, -0.15) is 10.1 Å². The van der Waals surface area contributed by atoms with Gasteiger partial charge in [-0.3, -0.25) is 13.9 Å². The number of nitrogens with one attached hydrogen (secondary N) is 1. The topological polar surface area (TPSA) is 164 Å². The number of nitrogens with zero attached hydrogens (tertiary/aromatic N) is 2. The molecule has 3 aromatic rings. The number of carbonyl (C=O) groups excluding carboxylic acids is 1. The zero-order valence-electron chi connectivity index (χ0n) is 22.7. The fraction of sp³-hybridized carbons (Fsp3) is 0.423. The Labute approximate surface area is 255 Å². The predicted octanol–water partition coefficient (Wildman–Crippen LogP) is 3.97. The number of halogens is 2. The summed E-state index contributed by atoms with van der Waals surface area (Å²) < 4.78 is 38.6. The van der Waals surface area contributed by atoms with E-state index in [2.05, 4.69) is 10.1 Å². The Morgan fingerprint density at radius 1 is 1.29 bits per heavy atom. The second-order valence-electron chi connectivity index (χ2n) is 9.99. The molecule has 1 aliphatic heterocycles. The molecule has 4 rings (SSSR count). The summed E-state index contributed by atoms with van der Waals surface area (Å²) in [6, 6.07) is 11.4. The van der Waals surface area contributed by atoms with E-state index in [1.807, 2.05) is 40.8 Å². The molecule has 1 fully saturated rings. The third-order valence-corrected chi connectivity index (χ3v) is 9.21. The van der Waals surface area contributed by atoms with Gasteiger partial charge in [0.15, 0.2) is 6.23 Å². The van der Waals surface area contributed by atoms with Crippen molar-refractivity contribution in [2.24, 2.45) is 0 Å². The van der Waals surface area contributed by atoms with Gasteiger partial charge in [-0.1, -0.05) is 36.4 Å². The molecule has 1 aromatic heterocycles. The average molecular weight is 721 g/mol. The van der Waals surface area contributed by atoms with Crippen LogP contribution in [-0.2, 0) is 23.4 Å². The number of aliphatic hydroxyl groups excluding tert-OH is 1. The lowest BCUT2D eigenvalue weighted by atomic mass is 10.0. The number of rotatable bonds is 10. The summed E-state index contributed by atoms with van der Waals surface area (Å²) in [7, 11) is -4.32. The van der Waals surface area contributed by atoms with Gasteiger partial charge in [-0.15, -0.1) is 11.6 Å². The number of anilines is 1. The molecule has 6 atom stereocenters. The Kier molecular flexibility index (Phi) is 9.69. The highest BCUT2D eigenvalue weighted by molar-refractivity contribution is 14.1. The number of nitrogen functional groups attached to an aromatic ring is 1. The van der Waals surface area contributed by atoms with Gasteiger partial charge < -0.3 is 24.8 Å². The number of ether oxygens (including phenoxy) is 2. The molecule has 15 heteroatoms. The van der Waals surface area contributed by atoms with Crippen molar-refractivity contribution >= 4 is 64.5 Å². The number of carbonyl (C=O) groups is 1. The molecule has 1 unspecified atom stereocenters. The van der Waals surface area contributed by atoms with Crippen LogP contribution in [0, 0.1) is 3.57 Å². The first-order valence-electron chi connectivity index (χ1n) is 12.7. The van der Waals surface area contributed by atoms with Crippen molar-refractivity contribution in [3.63, 3.8) is 0 Å². The van der Waals surface area contributed by atoms with Crippen molar-refractivity contribution in [3.8, 4) is 5.75 Å². The highest BCUT2D eigenvalue weighted by atomic mass is 127. The molecule has 1 saturated heterocycles. The van der Waals surface area contributed by atoms with E-state index in [-0.39, 0.29) is 11.6 Å². The molecule has 0 spiro atoms. The molecule has 222 valence electrons. The number of benzene rings is 2. The quantitative estimate of drug-likeness (QED) is 0.120. The van der Waals surface area contributed by atoms with Crippen LogP contribution in [-0.4, -0.2) is 56.5 Å². The number of hydrogen-bond donors (Lipinski definition) is 3. The summed E-state index contributed by atoms with van der Waals surface area (Å²) in [6.07, 6.45) is -2.65. The van der Waals surface area contributed by atoms with Gasteiger partial charge in [0, 0.05) is 11.6 Å². The zero-order chi connectivity index (χ0) is 30.1. The maximum absolute atomic E-state index is 14.1. The van der Waals surface area contributed by atoms with Gasteiger partial charge in [0.1, 0.15) is 34.7 Å². The van der Waals surface area contributed by atoms with Crippen molar-refractivity contribution in [1.82, 2.24) is 14.6 Å². The van der Waals surface area contributed by atoms with Crippen LogP contribution in [0.25, 0.3) is 10.8 Å². The van der Waals surface area contributed by atoms with Crippen LogP contribution >= 0.6 is 41.9 Å². The maximum Gasteiger partial charge on any atom is 0.459 e. The summed E-state index contributed by atoms with van der Waals surface area (Å²) in [6.45, 7) is 5.86. The lowest BCUT2D eigenvalue weighted by molar-refractivity contribution is -0.149. The summed E-state index contributed by atoms with van der Waals surface area (Å²) >= 11 is 8.58. The summed E-state index contributed by atoms with van der Waals surface area (Å²) in [5, 5.41) is 15.1. The fourth-order valence-electron chi connectivity index (χ4n) is 4.27. The Bertz CT molecular complexity index is 1530. The first-order valence-corrected chi connectivity index (χ1v) is 15.7. The van der Waals surface area contributed by atoms with Crippen molar-refractivity contribution in [2.75, 3.05) is 12.3 Å². The van der Waals surface area contributed by atoms with Crippen LogP contribution in [0.3, 0.4) is 0 Å². The number of hydrogen-bond acceptors (Lipinski definition) is 10. The molecule has 41 heavy (non-hydrogen) atoms. The van der Waals surface area contributed by atoms with Crippen molar-refractivity contribution < 1.29 is 33.0 Å². The highest BCUT2D eigenvalue weighted by Gasteiger charge is 2.54. The van der Waals surface area contributed by atoms with E-state index < -0.39 is 61.5 Å². The van der Waals surface area contributed by atoms with Crippen LogP contribution in [0.2, 0.25) is 0 Å². The summed E-state index contributed by atoms with van der Waals surface area (Å²) in [5.74, 6) is -0.379. The smallest absolute Gasteiger partial charge is 0.459 e. The molecular formula is C26H31ClIN4O8P. The minimum Gasteiger partial charge on any atom is -0.462 e. The number of esters is 1. The van der Waals surface area contributed by atoms with Crippen LogP contribution in [0.4, 0.5) is 5.82 Å². The van der Waals surface area contributed by atoms with Crippen LogP contribution < -0.4 is 21.0 Å². The molecular weight excluding hydrogens is 690 g/mol. The van der Waals surface area contributed by atoms with Gasteiger partial charge in [0.25, 0.3) is 0 Å². The first-order chi connectivity index (χ1) is 19.2. The summed E-state index contributed by atoms with van der Waals surface area (Å²) in [5.41, 5.74) is 5.01. The van der Waals surface area contributed by atoms with Crippen LogP contribution in [0.5, 0.6) is 5.75 Å². The van der Waals surface area contributed by atoms with Gasteiger partial charge in [0.2, 0.25) is 0 Å². The monoisotopic (exact) mass is 720 g/mol.